The number of anilines is 1. The number of nitrogens with one attached hydrogen (secondary N) is 1. The predicted molar refractivity (Wildman–Crippen MR) is 110 cm³/mol. The van der Waals surface area contributed by atoms with Gasteiger partial charge in [-0.2, -0.15) is 9.49 Å². The van der Waals surface area contributed by atoms with Crippen LogP contribution in [0.2, 0.25) is 0 Å². The summed E-state index contributed by atoms with van der Waals surface area (Å²) in [7, 11) is -3.46. The average Bonchev–Trinajstić information content (AvgIpc) is 3.49. The summed E-state index contributed by atoms with van der Waals surface area (Å²) < 4.78 is 45.9. The first-order chi connectivity index (χ1) is 14.4. The standard InChI is InChI=1S/C19H25FN4O4S2/c20-17-11-21-19(29-17)23-18(25)16(9-13-5-7-28-8-6-13)24-12-15(10-22-24)30(26,27)14-3-1-2-4-14/h10-14,16H,1-9H2,(H,21,23,25)/t16-/m0/s1. The summed E-state index contributed by atoms with van der Waals surface area (Å²) >= 11 is 0.746. The van der Waals surface area contributed by atoms with Crippen LogP contribution in [-0.2, 0) is 19.4 Å². The molecule has 1 saturated heterocycles. The van der Waals surface area contributed by atoms with Crippen molar-refractivity contribution in [3.8, 4) is 0 Å². The molecular weight excluding hydrogens is 431 g/mol. The van der Waals surface area contributed by atoms with E-state index in [-0.39, 0.29) is 27.1 Å². The lowest BCUT2D eigenvalue weighted by Gasteiger charge is -2.26. The average molecular weight is 457 g/mol. The topological polar surface area (TPSA) is 103 Å². The number of halogens is 1. The van der Waals surface area contributed by atoms with Gasteiger partial charge in [0, 0.05) is 19.4 Å². The number of carbonyl (C=O) groups is 1. The van der Waals surface area contributed by atoms with E-state index in [0.717, 1.165) is 43.2 Å². The molecule has 4 rings (SSSR count). The van der Waals surface area contributed by atoms with Gasteiger partial charge in [-0.25, -0.2) is 13.4 Å². The van der Waals surface area contributed by atoms with Crippen LogP contribution in [0.15, 0.2) is 23.5 Å². The molecule has 1 aliphatic carbocycles. The number of carbonyl (C=O) groups excluding carboxylic acids is 1. The van der Waals surface area contributed by atoms with Crippen molar-refractivity contribution in [3.05, 3.63) is 23.7 Å². The molecule has 164 valence electrons. The Morgan fingerprint density at radius 1 is 1.27 bits per heavy atom. The van der Waals surface area contributed by atoms with E-state index >= 15 is 0 Å². The number of hydrogen-bond donors (Lipinski definition) is 1. The molecule has 1 atom stereocenters. The minimum atomic E-state index is -3.46. The normalized spacial score (nSPS) is 19.8. The van der Waals surface area contributed by atoms with Crippen molar-refractivity contribution in [3.63, 3.8) is 0 Å². The molecule has 30 heavy (non-hydrogen) atoms. The van der Waals surface area contributed by atoms with Gasteiger partial charge < -0.3 is 10.1 Å². The van der Waals surface area contributed by atoms with Crippen LogP contribution in [0.5, 0.6) is 0 Å². The molecule has 0 aromatic carbocycles. The summed E-state index contributed by atoms with van der Waals surface area (Å²) in [4.78, 5) is 17.0. The van der Waals surface area contributed by atoms with Crippen molar-refractivity contribution in [2.24, 2.45) is 5.92 Å². The molecule has 0 spiro atoms. The number of ether oxygens (including phenoxy) is 1. The van der Waals surface area contributed by atoms with Crippen molar-refractivity contribution in [2.45, 2.75) is 61.1 Å². The van der Waals surface area contributed by atoms with Crippen LogP contribution < -0.4 is 5.32 Å². The van der Waals surface area contributed by atoms with E-state index in [4.69, 9.17) is 4.74 Å². The lowest BCUT2D eigenvalue weighted by molar-refractivity contribution is -0.120. The molecule has 1 N–H and O–H groups in total. The Labute approximate surface area is 178 Å². The van der Waals surface area contributed by atoms with E-state index in [1.165, 1.54) is 17.1 Å². The van der Waals surface area contributed by atoms with Crippen molar-refractivity contribution >= 4 is 32.2 Å². The molecule has 2 fully saturated rings. The molecule has 1 aliphatic heterocycles. The van der Waals surface area contributed by atoms with Crippen molar-refractivity contribution in [1.82, 2.24) is 14.8 Å². The lowest BCUT2D eigenvalue weighted by atomic mass is 9.92. The smallest absolute Gasteiger partial charge is 0.251 e. The highest BCUT2D eigenvalue weighted by Gasteiger charge is 2.33. The molecule has 3 heterocycles. The van der Waals surface area contributed by atoms with E-state index in [1.807, 2.05) is 0 Å². The summed E-state index contributed by atoms with van der Waals surface area (Å²) in [5.74, 6) is -0.134. The first-order valence-electron chi connectivity index (χ1n) is 10.2. The van der Waals surface area contributed by atoms with Crippen LogP contribution in [0.25, 0.3) is 0 Å². The molecule has 0 radical (unpaired) electrons. The summed E-state index contributed by atoms with van der Waals surface area (Å²) in [6.07, 6.45) is 9.13. The zero-order valence-electron chi connectivity index (χ0n) is 16.5. The van der Waals surface area contributed by atoms with E-state index in [2.05, 4.69) is 15.4 Å². The highest BCUT2D eigenvalue weighted by atomic mass is 32.2. The molecule has 1 amide bonds. The van der Waals surface area contributed by atoms with Gasteiger partial charge in [0.05, 0.1) is 17.6 Å². The van der Waals surface area contributed by atoms with Gasteiger partial charge in [-0.3, -0.25) is 9.48 Å². The quantitative estimate of drug-likeness (QED) is 0.686. The molecule has 1 saturated carbocycles. The summed E-state index contributed by atoms with van der Waals surface area (Å²) in [5.41, 5.74) is 0. The summed E-state index contributed by atoms with van der Waals surface area (Å²) in [6, 6.07) is -0.715. The van der Waals surface area contributed by atoms with E-state index in [9.17, 15) is 17.6 Å². The second-order valence-electron chi connectivity index (χ2n) is 7.87. The molecule has 11 heteroatoms. The zero-order chi connectivity index (χ0) is 21.1. The van der Waals surface area contributed by atoms with Crippen LogP contribution in [-0.4, -0.2) is 47.6 Å². The molecule has 2 aliphatic rings. The Morgan fingerprint density at radius 2 is 2.00 bits per heavy atom. The van der Waals surface area contributed by atoms with Gasteiger partial charge in [-0.05, 0) is 38.0 Å². The van der Waals surface area contributed by atoms with E-state index in [0.29, 0.717) is 32.5 Å². The first-order valence-corrected chi connectivity index (χ1v) is 12.6. The molecule has 2 aromatic rings. The molecule has 8 nitrogen and oxygen atoms in total. The number of thiazole rings is 1. The highest BCUT2D eigenvalue weighted by molar-refractivity contribution is 7.92. The molecule has 2 aromatic heterocycles. The Balaban J connectivity index is 1.56. The molecule has 0 unspecified atom stereocenters. The van der Waals surface area contributed by atoms with Crippen LogP contribution in [0.3, 0.4) is 0 Å². The minimum absolute atomic E-state index is 0.152. The Morgan fingerprint density at radius 3 is 2.67 bits per heavy atom. The predicted octanol–water partition coefficient (Wildman–Crippen LogP) is 3.19. The number of aromatic nitrogens is 3. The number of rotatable bonds is 7. The van der Waals surface area contributed by atoms with Gasteiger partial charge in [-0.15, -0.1) is 0 Å². The van der Waals surface area contributed by atoms with E-state index in [1.54, 1.807) is 0 Å². The third-order valence-corrected chi connectivity index (χ3v) is 8.79. The fourth-order valence-electron chi connectivity index (χ4n) is 4.16. The van der Waals surface area contributed by atoms with E-state index < -0.39 is 21.0 Å². The highest BCUT2D eigenvalue weighted by Crippen LogP contribution is 2.31. The van der Waals surface area contributed by atoms with Crippen LogP contribution in [0, 0.1) is 11.0 Å². The summed E-state index contributed by atoms with van der Waals surface area (Å²) in [6.45, 7) is 1.27. The Bertz CT molecular complexity index is 978. The van der Waals surface area contributed by atoms with Crippen molar-refractivity contribution < 1.29 is 22.3 Å². The third-order valence-electron chi connectivity index (χ3n) is 5.87. The van der Waals surface area contributed by atoms with Crippen molar-refractivity contribution in [1.29, 1.82) is 0 Å². The van der Waals surface area contributed by atoms with Gasteiger partial charge in [0.25, 0.3) is 5.91 Å². The SMILES string of the molecule is O=C(Nc1ncc(F)s1)[C@H](CC1CCOCC1)n1cc(S(=O)(=O)C2CCCC2)cn1. The van der Waals surface area contributed by atoms with Gasteiger partial charge in [0.1, 0.15) is 10.9 Å². The van der Waals surface area contributed by atoms with Gasteiger partial charge in [0.2, 0.25) is 0 Å². The zero-order valence-corrected chi connectivity index (χ0v) is 18.1. The third kappa shape index (κ3) is 4.73. The maximum absolute atomic E-state index is 13.3. The summed E-state index contributed by atoms with van der Waals surface area (Å²) in [5, 5.41) is 6.18. The maximum Gasteiger partial charge on any atom is 0.251 e. The van der Waals surface area contributed by atoms with Crippen LogP contribution >= 0.6 is 11.3 Å². The molecular formula is C19H25FN4O4S2. The minimum Gasteiger partial charge on any atom is -0.381 e. The van der Waals surface area contributed by atoms with Crippen molar-refractivity contribution in [2.75, 3.05) is 18.5 Å². The molecule has 0 bridgehead atoms. The second kappa shape index (κ2) is 9.11. The van der Waals surface area contributed by atoms with Gasteiger partial charge in [-0.1, -0.05) is 24.2 Å². The Hall–Kier alpha value is -1.85. The van der Waals surface area contributed by atoms with Crippen LogP contribution in [0.1, 0.15) is 51.0 Å². The van der Waals surface area contributed by atoms with Gasteiger partial charge in [0.15, 0.2) is 20.1 Å². The fraction of sp³-hybridized carbons (Fsp3) is 0.632. The largest absolute Gasteiger partial charge is 0.381 e. The maximum atomic E-state index is 13.3. The van der Waals surface area contributed by atoms with Gasteiger partial charge >= 0.3 is 0 Å². The Kier molecular flexibility index (Phi) is 6.49. The first kappa shape index (κ1) is 21.4. The monoisotopic (exact) mass is 456 g/mol. The number of hydrogen-bond acceptors (Lipinski definition) is 7. The number of nitrogens with zero attached hydrogens (tertiary/aromatic N) is 3. The number of sulfone groups is 1. The fourth-order valence-corrected chi connectivity index (χ4v) is 6.50. The lowest BCUT2D eigenvalue weighted by Crippen LogP contribution is -2.30. The second-order valence-corrected chi connectivity index (χ2v) is 11.1. The number of amides is 1. The van der Waals surface area contributed by atoms with Crippen LogP contribution in [0.4, 0.5) is 9.52 Å².